The molecule has 5 rings (SSSR count). The number of aromatic nitrogens is 10. The van der Waals surface area contributed by atoms with Crippen molar-refractivity contribution in [1.29, 1.82) is 0 Å². The van der Waals surface area contributed by atoms with Crippen LogP contribution in [-0.4, -0.2) is 63.1 Å². The van der Waals surface area contributed by atoms with Crippen molar-refractivity contribution in [3.63, 3.8) is 0 Å². The Morgan fingerprint density at radius 3 is 2.33 bits per heavy atom. The predicted octanol–water partition coefficient (Wildman–Crippen LogP) is 2.25. The van der Waals surface area contributed by atoms with Crippen LogP contribution in [0, 0.1) is 0 Å². The zero-order valence-electron chi connectivity index (χ0n) is 17.6. The summed E-state index contributed by atoms with van der Waals surface area (Å²) in [6, 6.07) is 1.82. The molecule has 0 fully saturated rings. The van der Waals surface area contributed by atoms with Crippen LogP contribution < -0.4 is 0 Å². The van der Waals surface area contributed by atoms with E-state index in [9.17, 15) is 34.8 Å². The molecular weight excluding hydrogens is 522 g/mol. The van der Waals surface area contributed by atoms with Gasteiger partial charge in [0.1, 0.15) is 23.9 Å². The fourth-order valence-electron chi connectivity index (χ4n) is 3.20. The molecule has 0 amide bonds. The van der Waals surface area contributed by atoms with Crippen molar-refractivity contribution in [2.45, 2.75) is 24.3 Å². The van der Waals surface area contributed by atoms with Crippen LogP contribution in [0.5, 0.6) is 0 Å². The second-order valence-electron chi connectivity index (χ2n) is 7.14. The molecule has 19 heteroatoms. The molecule has 188 valence electrons. The van der Waals surface area contributed by atoms with Gasteiger partial charge < -0.3 is 0 Å². The van der Waals surface area contributed by atoms with Gasteiger partial charge in [-0.05, 0) is 0 Å². The van der Waals surface area contributed by atoms with Gasteiger partial charge >= 0.3 is 12.4 Å². The Bertz CT molecular complexity index is 1730. The Kier molecular flexibility index (Phi) is 5.02. The molecule has 5 aromatic heterocycles. The first-order valence-corrected chi connectivity index (χ1v) is 11.3. The molecule has 0 radical (unpaired) electrons. The van der Waals surface area contributed by atoms with Crippen molar-refractivity contribution in [3.8, 4) is 17.2 Å². The molecule has 0 saturated heterocycles. The summed E-state index contributed by atoms with van der Waals surface area (Å²) < 4.78 is 106. The molecule has 0 aromatic carbocycles. The highest BCUT2D eigenvalue weighted by molar-refractivity contribution is 7.91. The first kappa shape index (κ1) is 23.6. The summed E-state index contributed by atoms with van der Waals surface area (Å²) in [6.45, 7) is 1.32. The zero-order valence-corrected chi connectivity index (χ0v) is 18.4. The minimum absolute atomic E-state index is 0.161. The standard InChI is InChI=1S/C17H10F6N10O2S/c1-2-36(34,35)14-11(12-27-9-5-8(16(18,19)20)25-6-31(9)28-12)13-24-4-3-10(33(13)29-14)32-7-26-15(30-32)17(21,22)23/h3-7H,2H2,1H3. The van der Waals surface area contributed by atoms with Crippen LogP contribution in [0.4, 0.5) is 26.3 Å². The van der Waals surface area contributed by atoms with Crippen molar-refractivity contribution in [2.75, 3.05) is 5.75 Å². The van der Waals surface area contributed by atoms with E-state index in [1.165, 1.54) is 13.0 Å². The van der Waals surface area contributed by atoms with E-state index in [2.05, 4.69) is 35.2 Å². The second-order valence-corrected chi connectivity index (χ2v) is 9.34. The van der Waals surface area contributed by atoms with Gasteiger partial charge in [-0.1, -0.05) is 6.92 Å². The fraction of sp³-hybridized carbons (Fsp3) is 0.235. The molecular formula is C17H10F6N10O2S. The van der Waals surface area contributed by atoms with E-state index < -0.39 is 44.5 Å². The van der Waals surface area contributed by atoms with E-state index in [4.69, 9.17) is 0 Å². The van der Waals surface area contributed by atoms with E-state index in [-0.39, 0.29) is 28.5 Å². The van der Waals surface area contributed by atoms with Gasteiger partial charge in [0.25, 0.3) is 5.82 Å². The summed E-state index contributed by atoms with van der Waals surface area (Å²) in [5.41, 5.74) is -2.02. The van der Waals surface area contributed by atoms with E-state index >= 15 is 0 Å². The lowest BCUT2D eigenvalue weighted by atomic mass is 10.3. The number of alkyl halides is 6. The molecule has 0 aliphatic rings. The second kappa shape index (κ2) is 7.67. The number of fused-ring (bicyclic) bond motifs is 2. The van der Waals surface area contributed by atoms with Crippen LogP contribution in [0.3, 0.4) is 0 Å². The van der Waals surface area contributed by atoms with Gasteiger partial charge in [0.05, 0.1) is 5.75 Å². The summed E-state index contributed by atoms with van der Waals surface area (Å²) in [7, 11) is -4.11. The highest BCUT2D eigenvalue weighted by Crippen LogP contribution is 2.32. The Balaban J connectivity index is 1.77. The Morgan fingerprint density at radius 1 is 0.944 bits per heavy atom. The number of rotatable bonds is 4. The molecule has 0 saturated carbocycles. The van der Waals surface area contributed by atoms with Crippen molar-refractivity contribution < 1.29 is 34.8 Å². The summed E-state index contributed by atoms with van der Waals surface area (Å²) in [5.74, 6) is -2.39. The van der Waals surface area contributed by atoms with E-state index in [0.29, 0.717) is 10.7 Å². The molecule has 12 nitrogen and oxygen atoms in total. The van der Waals surface area contributed by atoms with Crippen LogP contribution in [-0.2, 0) is 22.2 Å². The fourth-order valence-corrected chi connectivity index (χ4v) is 4.17. The minimum Gasteiger partial charge on any atom is -0.236 e. The van der Waals surface area contributed by atoms with Crippen LogP contribution in [0.2, 0.25) is 0 Å². The summed E-state index contributed by atoms with van der Waals surface area (Å²) in [4.78, 5) is 14.5. The third kappa shape index (κ3) is 3.80. The maximum absolute atomic E-state index is 13.0. The lowest BCUT2D eigenvalue weighted by Gasteiger charge is -2.03. The SMILES string of the molecule is CCS(=O)(=O)c1nn2c(-n3cnc(C(F)(F)F)n3)ccnc2c1-c1nc2cc(C(F)(F)F)ncn2n1. The van der Waals surface area contributed by atoms with Crippen molar-refractivity contribution in [3.05, 3.63) is 42.5 Å². The van der Waals surface area contributed by atoms with Gasteiger partial charge in [-0.2, -0.15) is 36.0 Å². The molecule has 0 aliphatic carbocycles. The lowest BCUT2D eigenvalue weighted by Crippen LogP contribution is -2.10. The van der Waals surface area contributed by atoms with Crippen molar-refractivity contribution in [1.82, 2.24) is 48.9 Å². The van der Waals surface area contributed by atoms with Gasteiger partial charge in [0, 0.05) is 18.3 Å². The summed E-state index contributed by atoms with van der Waals surface area (Å²) in [5, 5.41) is 10.8. The quantitative estimate of drug-likeness (QED) is 0.319. The maximum atomic E-state index is 13.0. The smallest absolute Gasteiger partial charge is 0.236 e. The first-order valence-electron chi connectivity index (χ1n) is 9.69. The normalized spacial score (nSPS) is 13.2. The monoisotopic (exact) mass is 532 g/mol. The largest absolute Gasteiger partial charge is 0.453 e. The average Bonchev–Trinajstić information content (AvgIpc) is 3.53. The maximum Gasteiger partial charge on any atom is 0.453 e. The van der Waals surface area contributed by atoms with E-state index in [1.807, 2.05) is 0 Å². The predicted molar refractivity (Wildman–Crippen MR) is 105 cm³/mol. The summed E-state index contributed by atoms with van der Waals surface area (Å²) in [6.07, 6.45) is -6.96. The molecule has 0 bridgehead atoms. The van der Waals surface area contributed by atoms with E-state index in [1.54, 1.807) is 0 Å². The van der Waals surface area contributed by atoms with Crippen LogP contribution in [0.1, 0.15) is 18.4 Å². The highest BCUT2D eigenvalue weighted by atomic mass is 32.2. The van der Waals surface area contributed by atoms with Gasteiger partial charge in [0.2, 0.25) is 0 Å². The Morgan fingerprint density at radius 2 is 1.69 bits per heavy atom. The Labute approximate surface area is 195 Å². The highest BCUT2D eigenvalue weighted by Gasteiger charge is 2.37. The van der Waals surface area contributed by atoms with E-state index in [0.717, 1.165) is 27.9 Å². The number of halogens is 6. The molecule has 0 unspecified atom stereocenters. The number of nitrogens with zero attached hydrogens (tertiary/aromatic N) is 10. The summed E-state index contributed by atoms with van der Waals surface area (Å²) >= 11 is 0. The lowest BCUT2D eigenvalue weighted by molar-refractivity contribution is -0.145. The third-order valence-corrected chi connectivity index (χ3v) is 6.50. The van der Waals surface area contributed by atoms with Crippen molar-refractivity contribution in [2.24, 2.45) is 0 Å². The van der Waals surface area contributed by atoms with Crippen LogP contribution >= 0.6 is 0 Å². The van der Waals surface area contributed by atoms with Gasteiger partial charge in [-0.25, -0.2) is 37.6 Å². The molecule has 5 aromatic rings. The molecule has 0 spiro atoms. The molecule has 0 aliphatic heterocycles. The van der Waals surface area contributed by atoms with Crippen LogP contribution in [0.15, 0.2) is 36.0 Å². The molecule has 36 heavy (non-hydrogen) atoms. The molecule has 0 N–H and O–H groups in total. The van der Waals surface area contributed by atoms with Gasteiger partial charge in [-0.3, -0.25) is 0 Å². The average molecular weight is 532 g/mol. The first-order chi connectivity index (χ1) is 16.8. The molecule has 5 heterocycles. The minimum atomic E-state index is -4.84. The third-order valence-electron chi connectivity index (χ3n) is 4.86. The molecule has 0 atom stereocenters. The topological polar surface area (TPSA) is 138 Å². The number of hydrogen-bond donors (Lipinski definition) is 0. The van der Waals surface area contributed by atoms with Crippen molar-refractivity contribution >= 4 is 21.1 Å². The zero-order chi connectivity index (χ0) is 26.0. The number of sulfone groups is 1. The number of hydrogen-bond acceptors (Lipinski definition) is 9. The Hall–Kier alpha value is -4.16. The van der Waals surface area contributed by atoms with Crippen LogP contribution in [0.25, 0.3) is 28.5 Å². The van der Waals surface area contributed by atoms with Gasteiger partial charge in [-0.15, -0.1) is 10.2 Å². The van der Waals surface area contributed by atoms with Gasteiger partial charge in [0.15, 0.2) is 37.8 Å².